The molecule has 9 nitrogen and oxygen atoms in total. The largest absolute Gasteiger partial charge is 0.464 e. The smallest absolute Gasteiger partial charge is 0.355 e. The molecule has 1 aromatic heterocycles. The van der Waals surface area contributed by atoms with Crippen molar-refractivity contribution < 1.29 is 9.53 Å². The molecule has 0 amide bonds. The van der Waals surface area contributed by atoms with Crippen LogP contribution in [0.5, 0.6) is 0 Å². The number of hydrogen-bond donors (Lipinski definition) is 3. The number of H-pyrrole nitrogens is 1. The minimum atomic E-state index is -0.913. The molecule has 4 N–H and O–H groups in total. The van der Waals surface area contributed by atoms with Crippen molar-refractivity contribution in [3.05, 3.63) is 40.7 Å². The molecule has 0 aliphatic carbocycles. The van der Waals surface area contributed by atoms with Crippen molar-refractivity contribution >= 4 is 29.8 Å². The number of benzene rings is 1. The maximum absolute atomic E-state index is 12.0. The van der Waals surface area contributed by atoms with E-state index in [0.29, 0.717) is 5.56 Å². The zero-order valence-electron chi connectivity index (χ0n) is 12.1. The average Bonchev–Trinajstić information content (AvgIpc) is 2.89. The van der Waals surface area contributed by atoms with Gasteiger partial charge in [-0.05, 0) is 17.8 Å². The minimum absolute atomic E-state index is 0.0844. The van der Waals surface area contributed by atoms with Crippen molar-refractivity contribution in [2.75, 3.05) is 18.4 Å². The number of ether oxygens (including phenoxy) is 1. The summed E-state index contributed by atoms with van der Waals surface area (Å²) in [6.07, 6.45) is 0. The number of carbonyl (C=O) groups is 1. The summed E-state index contributed by atoms with van der Waals surface area (Å²) in [7, 11) is 1.20. The fourth-order valence-corrected chi connectivity index (χ4v) is 1.98. The van der Waals surface area contributed by atoms with Crippen molar-refractivity contribution in [3.8, 4) is 6.07 Å². The monoisotopic (exact) mass is 331 g/mol. The van der Waals surface area contributed by atoms with Crippen LogP contribution in [-0.4, -0.2) is 33.7 Å². The summed E-state index contributed by atoms with van der Waals surface area (Å²) in [6.45, 7) is 0. The van der Waals surface area contributed by atoms with Crippen LogP contribution in [0.2, 0.25) is 0 Å². The van der Waals surface area contributed by atoms with Gasteiger partial charge in [0.2, 0.25) is 4.77 Å². The van der Waals surface area contributed by atoms with Crippen molar-refractivity contribution in [2.45, 2.75) is 5.92 Å². The molecule has 2 aromatic rings. The highest BCUT2D eigenvalue weighted by atomic mass is 32.1. The molecular formula is C13H13N7O2S. The lowest BCUT2D eigenvalue weighted by molar-refractivity contribution is -0.132. The Morgan fingerprint density at radius 3 is 2.78 bits per heavy atom. The predicted molar refractivity (Wildman–Crippen MR) is 85.4 cm³/mol. The number of nitrogens with one attached hydrogen (secondary N) is 2. The molecule has 0 radical (unpaired) electrons. The fraction of sp³-hybridized carbons (Fsp3) is 0.154. The number of methoxy groups -OCH3 is 1. The zero-order valence-corrected chi connectivity index (χ0v) is 12.9. The lowest BCUT2D eigenvalue weighted by atomic mass is 9.95. The number of nitrogen functional groups attached to an aromatic ring is 1. The van der Waals surface area contributed by atoms with Gasteiger partial charge in [-0.2, -0.15) is 20.1 Å². The summed E-state index contributed by atoms with van der Waals surface area (Å²) in [5.74, 6) is 4.00. The van der Waals surface area contributed by atoms with Gasteiger partial charge in [0.1, 0.15) is 5.92 Å². The van der Waals surface area contributed by atoms with Gasteiger partial charge in [-0.1, -0.05) is 30.3 Å². The van der Waals surface area contributed by atoms with Crippen molar-refractivity contribution in [1.29, 1.82) is 5.26 Å². The first-order valence-electron chi connectivity index (χ1n) is 6.37. The van der Waals surface area contributed by atoms with E-state index in [9.17, 15) is 10.1 Å². The third-order valence-electron chi connectivity index (χ3n) is 2.86. The highest BCUT2D eigenvalue weighted by Crippen LogP contribution is 2.18. The number of rotatable bonds is 5. The molecule has 10 heteroatoms. The van der Waals surface area contributed by atoms with Crippen LogP contribution in [0.4, 0.5) is 5.95 Å². The molecule has 2 rings (SSSR count). The van der Waals surface area contributed by atoms with E-state index in [1.807, 2.05) is 6.07 Å². The molecule has 1 heterocycles. The van der Waals surface area contributed by atoms with Crippen LogP contribution in [0, 0.1) is 16.1 Å². The quantitative estimate of drug-likeness (QED) is 0.244. The van der Waals surface area contributed by atoms with Gasteiger partial charge in [0.05, 0.1) is 13.2 Å². The van der Waals surface area contributed by atoms with Crippen molar-refractivity contribution in [3.63, 3.8) is 0 Å². The van der Waals surface area contributed by atoms with E-state index in [1.165, 1.54) is 7.11 Å². The molecule has 0 bridgehead atoms. The Balaban J connectivity index is 2.38. The molecule has 0 fully saturated rings. The van der Waals surface area contributed by atoms with Crippen LogP contribution < -0.4 is 11.3 Å². The van der Waals surface area contributed by atoms with Crippen LogP contribution in [-0.2, 0) is 9.53 Å². The SMILES string of the molecule is COC(=O)/C(=N/Nc1nc(=S)[nH]n1N)C(C#N)c1ccccc1. The van der Waals surface area contributed by atoms with Gasteiger partial charge in [-0.3, -0.25) is 5.10 Å². The molecule has 1 atom stereocenters. The maximum atomic E-state index is 12.0. The normalized spacial score (nSPS) is 12.3. The van der Waals surface area contributed by atoms with Crippen LogP contribution in [0.25, 0.3) is 0 Å². The third kappa shape index (κ3) is 3.72. The number of hydrogen-bond acceptors (Lipinski definition) is 8. The standard InChI is InChI=1S/C13H13N7O2S/c1-22-11(21)10(9(7-14)8-5-3-2-4-6-8)17-18-12-16-13(23)19-20(12)15/h2-6,9H,15H2,1H3,(H2,16,18,19,23)/b17-10+. The first-order valence-corrected chi connectivity index (χ1v) is 6.78. The number of aromatic nitrogens is 3. The first kappa shape index (κ1) is 16.2. The molecule has 23 heavy (non-hydrogen) atoms. The molecule has 0 spiro atoms. The van der Waals surface area contributed by atoms with E-state index < -0.39 is 11.9 Å². The van der Waals surface area contributed by atoms with E-state index in [0.717, 1.165) is 4.79 Å². The minimum Gasteiger partial charge on any atom is -0.464 e. The number of hydrazone groups is 1. The molecule has 1 unspecified atom stereocenters. The lowest BCUT2D eigenvalue weighted by Gasteiger charge is -2.11. The van der Waals surface area contributed by atoms with Gasteiger partial charge < -0.3 is 10.6 Å². The number of carbonyl (C=O) groups excluding carboxylic acids is 1. The van der Waals surface area contributed by atoms with Crippen molar-refractivity contribution in [2.24, 2.45) is 5.10 Å². The Morgan fingerprint density at radius 1 is 1.57 bits per heavy atom. The number of nitrogens with two attached hydrogens (primary N) is 1. The molecule has 0 saturated heterocycles. The van der Waals surface area contributed by atoms with E-state index in [2.05, 4.69) is 20.6 Å². The summed E-state index contributed by atoms with van der Waals surface area (Å²) >= 11 is 4.83. The number of anilines is 1. The van der Waals surface area contributed by atoms with E-state index in [-0.39, 0.29) is 16.4 Å². The van der Waals surface area contributed by atoms with E-state index >= 15 is 0 Å². The maximum Gasteiger partial charge on any atom is 0.355 e. The van der Waals surface area contributed by atoms with E-state index in [1.54, 1.807) is 30.3 Å². The van der Waals surface area contributed by atoms with Gasteiger partial charge in [-0.25, -0.2) is 10.2 Å². The Bertz CT molecular complexity index is 819. The van der Waals surface area contributed by atoms with Crippen LogP contribution in [0.15, 0.2) is 35.4 Å². The van der Waals surface area contributed by atoms with Gasteiger partial charge in [0.25, 0.3) is 5.95 Å². The van der Waals surface area contributed by atoms with Crippen molar-refractivity contribution in [1.82, 2.24) is 14.9 Å². The van der Waals surface area contributed by atoms with E-state index in [4.69, 9.17) is 22.8 Å². The second-order valence-electron chi connectivity index (χ2n) is 4.30. The third-order valence-corrected chi connectivity index (χ3v) is 3.04. The summed E-state index contributed by atoms with van der Waals surface area (Å²) in [5, 5.41) is 15.9. The number of aromatic amines is 1. The molecule has 118 valence electrons. The summed E-state index contributed by atoms with van der Waals surface area (Å²) in [6, 6.07) is 10.8. The highest BCUT2D eigenvalue weighted by molar-refractivity contribution is 7.71. The van der Waals surface area contributed by atoms with Crippen LogP contribution in [0.1, 0.15) is 11.5 Å². The number of nitrogens with zero attached hydrogens (tertiary/aromatic N) is 4. The second kappa shape index (κ2) is 7.19. The molecule has 1 aromatic carbocycles. The molecule has 0 aliphatic heterocycles. The molecule has 0 aliphatic rings. The zero-order chi connectivity index (χ0) is 16.8. The summed E-state index contributed by atoms with van der Waals surface area (Å²) in [5.41, 5.74) is 2.97. The molecule has 0 saturated carbocycles. The Kier molecular flexibility index (Phi) is 5.06. The number of esters is 1. The van der Waals surface area contributed by atoms with Crippen LogP contribution >= 0.6 is 12.2 Å². The summed E-state index contributed by atoms with van der Waals surface area (Å²) in [4.78, 5) is 16.8. The molecular weight excluding hydrogens is 318 g/mol. The first-order chi connectivity index (χ1) is 11.1. The topological polar surface area (TPSA) is 134 Å². The predicted octanol–water partition coefficient (Wildman–Crippen LogP) is 0.903. The van der Waals surface area contributed by atoms with Gasteiger partial charge in [-0.15, -0.1) is 0 Å². The summed E-state index contributed by atoms with van der Waals surface area (Å²) < 4.78 is 4.84. The fourth-order valence-electron chi connectivity index (χ4n) is 1.79. The average molecular weight is 331 g/mol. The van der Waals surface area contributed by atoms with Gasteiger partial charge >= 0.3 is 5.97 Å². The highest BCUT2D eigenvalue weighted by Gasteiger charge is 2.26. The Labute approximate surface area is 136 Å². The van der Waals surface area contributed by atoms with Gasteiger partial charge in [0.15, 0.2) is 5.71 Å². The Morgan fingerprint density at radius 2 is 2.26 bits per heavy atom. The van der Waals surface area contributed by atoms with Crippen LogP contribution in [0.3, 0.4) is 0 Å². The van der Waals surface area contributed by atoms with Gasteiger partial charge in [0, 0.05) is 0 Å². The number of nitriles is 1. The lowest BCUT2D eigenvalue weighted by Crippen LogP contribution is -2.25. The second-order valence-corrected chi connectivity index (χ2v) is 4.68. The Hall–Kier alpha value is -3.19.